The lowest BCUT2D eigenvalue weighted by Crippen LogP contribution is -2.31. The molecule has 10 nitrogen and oxygen atoms in total. The van der Waals surface area contributed by atoms with Crippen molar-refractivity contribution < 1.29 is 19.1 Å². The number of amides is 2. The number of benzene rings is 2. The van der Waals surface area contributed by atoms with Crippen LogP contribution in [0.4, 0.5) is 22.9 Å². The molecule has 0 bridgehead atoms. The summed E-state index contributed by atoms with van der Waals surface area (Å²) in [6, 6.07) is 14.7. The van der Waals surface area contributed by atoms with Crippen molar-refractivity contribution in [2.24, 2.45) is 0 Å². The van der Waals surface area contributed by atoms with Crippen molar-refractivity contribution in [1.82, 2.24) is 15.2 Å². The van der Waals surface area contributed by atoms with Crippen LogP contribution >= 0.6 is 0 Å². The van der Waals surface area contributed by atoms with E-state index in [-0.39, 0.29) is 11.8 Å². The molecule has 222 valence electrons. The van der Waals surface area contributed by atoms with Crippen molar-refractivity contribution in [3.8, 4) is 17.4 Å². The fourth-order valence-corrected chi connectivity index (χ4v) is 4.62. The topological polar surface area (TPSA) is 108 Å². The van der Waals surface area contributed by atoms with Crippen LogP contribution in [0.15, 0.2) is 61.2 Å². The van der Waals surface area contributed by atoms with E-state index in [0.29, 0.717) is 46.7 Å². The smallest absolute Gasteiger partial charge is 0.251 e. The first-order valence-corrected chi connectivity index (χ1v) is 14.1. The van der Waals surface area contributed by atoms with E-state index in [2.05, 4.69) is 27.4 Å². The number of aryl methyl sites for hydroxylation is 1. The molecule has 0 atom stereocenters. The van der Waals surface area contributed by atoms with Crippen molar-refractivity contribution in [2.75, 3.05) is 62.9 Å². The maximum atomic E-state index is 12.6. The minimum absolute atomic E-state index is 0.164. The van der Waals surface area contributed by atoms with Gasteiger partial charge in [0, 0.05) is 43.5 Å². The highest BCUT2D eigenvalue weighted by Crippen LogP contribution is 2.36. The second-order valence-corrected chi connectivity index (χ2v) is 10.4. The number of pyridine rings is 1. The minimum atomic E-state index is -0.292. The van der Waals surface area contributed by atoms with E-state index in [4.69, 9.17) is 14.5 Å². The lowest BCUT2D eigenvalue weighted by atomic mass is 10.1. The molecule has 0 saturated carbocycles. The van der Waals surface area contributed by atoms with Gasteiger partial charge in [0.2, 0.25) is 11.8 Å². The van der Waals surface area contributed by atoms with Crippen molar-refractivity contribution >= 4 is 34.7 Å². The van der Waals surface area contributed by atoms with Crippen molar-refractivity contribution in [3.05, 3.63) is 72.3 Å². The van der Waals surface area contributed by atoms with Crippen LogP contribution < -0.4 is 30.3 Å². The van der Waals surface area contributed by atoms with E-state index in [1.165, 1.54) is 12.5 Å². The lowest BCUT2D eigenvalue weighted by Gasteiger charge is -2.30. The van der Waals surface area contributed by atoms with Gasteiger partial charge in [-0.15, -0.1) is 0 Å². The summed E-state index contributed by atoms with van der Waals surface area (Å²) in [7, 11) is 5.48. The Kier molecular flexibility index (Phi) is 10.4. The van der Waals surface area contributed by atoms with Gasteiger partial charge in [-0.3, -0.25) is 9.59 Å². The highest BCUT2D eigenvalue weighted by Gasteiger charge is 2.19. The van der Waals surface area contributed by atoms with Gasteiger partial charge in [-0.2, -0.15) is 4.98 Å². The molecular formula is C32H40N6O4. The quantitative estimate of drug-likeness (QED) is 0.250. The summed E-state index contributed by atoms with van der Waals surface area (Å²) in [5.74, 6) is 1.61. The molecule has 3 aromatic rings. The molecule has 10 heteroatoms. The molecule has 0 radical (unpaired) electrons. The van der Waals surface area contributed by atoms with Crippen molar-refractivity contribution in [1.29, 1.82) is 0 Å². The second kappa shape index (κ2) is 14.4. The molecule has 1 saturated heterocycles. The molecule has 0 spiro atoms. The predicted octanol–water partition coefficient (Wildman–Crippen LogP) is 5.34. The number of rotatable bonds is 12. The third-order valence-electron chi connectivity index (χ3n) is 6.97. The number of piperidine rings is 1. The Labute approximate surface area is 247 Å². The van der Waals surface area contributed by atoms with Gasteiger partial charge in [-0.1, -0.05) is 12.6 Å². The van der Waals surface area contributed by atoms with Gasteiger partial charge in [-0.25, -0.2) is 0 Å². The van der Waals surface area contributed by atoms with Gasteiger partial charge in [0.05, 0.1) is 12.8 Å². The van der Waals surface area contributed by atoms with E-state index in [9.17, 15) is 9.59 Å². The molecule has 0 unspecified atom stereocenters. The molecular weight excluding hydrogens is 532 g/mol. The Hall–Kier alpha value is -4.57. The van der Waals surface area contributed by atoms with Crippen LogP contribution in [-0.4, -0.2) is 69.1 Å². The van der Waals surface area contributed by atoms with Crippen LogP contribution in [0.25, 0.3) is 0 Å². The summed E-state index contributed by atoms with van der Waals surface area (Å²) in [6.45, 7) is 8.59. The zero-order valence-corrected chi connectivity index (χ0v) is 24.8. The van der Waals surface area contributed by atoms with E-state index >= 15 is 0 Å². The molecule has 1 aromatic heterocycles. The number of carbonyl (C=O) groups is 2. The summed E-state index contributed by atoms with van der Waals surface area (Å²) in [6.07, 6.45) is 4.64. The van der Waals surface area contributed by atoms with Gasteiger partial charge in [0.1, 0.15) is 23.0 Å². The molecule has 4 rings (SSSR count). The Morgan fingerprint density at radius 1 is 1.05 bits per heavy atom. The Morgan fingerprint density at radius 3 is 2.55 bits per heavy atom. The van der Waals surface area contributed by atoms with Crippen LogP contribution in [0.2, 0.25) is 0 Å². The number of ether oxygens (including phenoxy) is 2. The first-order valence-electron chi connectivity index (χ1n) is 14.1. The first-order chi connectivity index (χ1) is 20.3. The van der Waals surface area contributed by atoms with E-state index in [1.54, 1.807) is 31.4 Å². The summed E-state index contributed by atoms with van der Waals surface area (Å²) < 4.78 is 12.0. The van der Waals surface area contributed by atoms with Gasteiger partial charge < -0.3 is 35.2 Å². The summed E-state index contributed by atoms with van der Waals surface area (Å²) in [5.41, 5.74) is 3.61. The summed E-state index contributed by atoms with van der Waals surface area (Å²) in [5, 5.41) is 9.06. The van der Waals surface area contributed by atoms with Crippen LogP contribution in [-0.2, 0) is 4.79 Å². The molecule has 1 aliphatic rings. The van der Waals surface area contributed by atoms with E-state index < -0.39 is 0 Å². The van der Waals surface area contributed by atoms with E-state index in [1.807, 2.05) is 50.2 Å². The fourth-order valence-electron chi connectivity index (χ4n) is 4.62. The monoisotopic (exact) mass is 572 g/mol. The lowest BCUT2D eigenvalue weighted by molar-refractivity contribution is -0.111. The highest BCUT2D eigenvalue weighted by atomic mass is 16.5. The van der Waals surface area contributed by atoms with Crippen molar-refractivity contribution in [2.45, 2.75) is 26.2 Å². The third-order valence-corrected chi connectivity index (χ3v) is 6.97. The second-order valence-electron chi connectivity index (χ2n) is 10.4. The number of likely N-dealkylation sites (N-methyl/N-ethyl adjacent to an activating group) is 1. The van der Waals surface area contributed by atoms with Crippen LogP contribution in [0.5, 0.6) is 17.4 Å². The van der Waals surface area contributed by atoms with Crippen molar-refractivity contribution in [3.63, 3.8) is 0 Å². The molecule has 1 aliphatic heterocycles. The maximum Gasteiger partial charge on any atom is 0.251 e. The normalized spacial score (nSPS) is 12.9. The standard InChI is InChI=1S/C32H40N6O4/c1-6-30(39)35-26-21-24(12-10-22(26)2)42-32-27(38-17-8-7-9-18-38)14-15-29(36-32)34-25-13-11-23(20-28(25)41-5)31(40)33-16-19-37(3)4/h6,10-15,20-21H,1,7-9,16-19H2,2-5H3,(H,33,40)(H,34,36)(H,35,39). The molecule has 3 N–H and O–H groups in total. The Morgan fingerprint density at radius 2 is 1.83 bits per heavy atom. The number of carbonyl (C=O) groups excluding carboxylic acids is 2. The zero-order chi connectivity index (χ0) is 30.1. The number of hydrogen-bond acceptors (Lipinski definition) is 8. The number of aromatic nitrogens is 1. The highest BCUT2D eigenvalue weighted by molar-refractivity contribution is 5.99. The number of methoxy groups -OCH3 is 1. The summed E-state index contributed by atoms with van der Waals surface area (Å²) in [4.78, 5) is 33.7. The fraction of sp³-hybridized carbons (Fsp3) is 0.344. The maximum absolute atomic E-state index is 12.6. The number of hydrogen-bond donors (Lipinski definition) is 3. The molecule has 0 aliphatic carbocycles. The van der Waals surface area contributed by atoms with Gasteiger partial charge in [0.25, 0.3) is 5.91 Å². The van der Waals surface area contributed by atoms with E-state index in [0.717, 1.165) is 43.7 Å². The molecule has 42 heavy (non-hydrogen) atoms. The molecule has 2 aromatic carbocycles. The van der Waals surface area contributed by atoms with Crippen LogP contribution in [0, 0.1) is 6.92 Å². The Balaban J connectivity index is 1.60. The van der Waals surface area contributed by atoms with Gasteiger partial charge >= 0.3 is 0 Å². The first kappa shape index (κ1) is 30.4. The number of nitrogens with one attached hydrogen (secondary N) is 3. The molecule has 1 fully saturated rings. The average molecular weight is 573 g/mol. The molecule has 2 amide bonds. The number of nitrogens with zero attached hydrogens (tertiary/aromatic N) is 3. The SMILES string of the molecule is C=CC(=O)Nc1cc(Oc2nc(Nc3ccc(C(=O)NCCN(C)C)cc3OC)ccc2N2CCCCC2)ccc1C. The average Bonchev–Trinajstić information content (AvgIpc) is 2.99. The largest absolute Gasteiger partial charge is 0.495 e. The zero-order valence-electron chi connectivity index (χ0n) is 24.8. The number of anilines is 4. The van der Waals surface area contributed by atoms with Gasteiger partial charge in [0.15, 0.2) is 0 Å². The molecule has 2 heterocycles. The third kappa shape index (κ3) is 8.01. The minimum Gasteiger partial charge on any atom is -0.495 e. The van der Waals surface area contributed by atoms with Gasteiger partial charge in [-0.05, 0) is 88.3 Å². The van der Waals surface area contributed by atoms with Crippen LogP contribution in [0.1, 0.15) is 35.2 Å². The predicted molar refractivity (Wildman–Crippen MR) is 168 cm³/mol. The van der Waals surface area contributed by atoms with Crippen LogP contribution in [0.3, 0.4) is 0 Å². The Bertz CT molecular complexity index is 1420. The summed E-state index contributed by atoms with van der Waals surface area (Å²) >= 11 is 0.